The number of ether oxygens (including phenoxy) is 6. The second kappa shape index (κ2) is 6.65. The average Bonchev–Trinajstić information content (AvgIpc) is 3.35. The fourth-order valence-corrected chi connectivity index (χ4v) is 4.34. The van der Waals surface area contributed by atoms with Crippen LogP contribution in [-0.4, -0.2) is 46.7 Å². The average molecular weight is 399 g/mol. The van der Waals surface area contributed by atoms with Crippen molar-refractivity contribution in [2.45, 2.75) is 12.5 Å². The summed E-state index contributed by atoms with van der Waals surface area (Å²) in [7, 11) is 4.69. The molecule has 8 nitrogen and oxygen atoms in total. The molecule has 0 aliphatic carbocycles. The van der Waals surface area contributed by atoms with Crippen LogP contribution in [0.25, 0.3) is 0 Å². The number of rotatable bonds is 4. The van der Waals surface area contributed by atoms with Crippen LogP contribution in [0.4, 0.5) is 11.4 Å². The zero-order valence-electron chi connectivity index (χ0n) is 16.4. The number of anilines is 2. The molecule has 0 radical (unpaired) electrons. The maximum Gasteiger partial charge on any atom is 0.329 e. The molecule has 2 aromatic rings. The number of esters is 1. The number of carbonyl (C=O) groups is 1. The molecular formula is C21H21NO7. The minimum atomic E-state index is -0.439. The highest BCUT2D eigenvalue weighted by Gasteiger charge is 2.46. The van der Waals surface area contributed by atoms with Crippen LogP contribution in [0.3, 0.4) is 0 Å². The Morgan fingerprint density at radius 3 is 2.28 bits per heavy atom. The van der Waals surface area contributed by atoms with Crippen molar-refractivity contribution in [3.63, 3.8) is 0 Å². The van der Waals surface area contributed by atoms with E-state index in [1.54, 1.807) is 21.3 Å². The summed E-state index contributed by atoms with van der Waals surface area (Å²) >= 11 is 0. The van der Waals surface area contributed by atoms with Crippen LogP contribution in [0.2, 0.25) is 0 Å². The molecule has 2 atom stereocenters. The van der Waals surface area contributed by atoms with Crippen molar-refractivity contribution in [1.82, 2.24) is 0 Å². The Morgan fingerprint density at radius 1 is 0.931 bits per heavy atom. The number of fused-ring (bicyclic) bond motifs is 3. The molecular weight excluding hydrogens is 378 g/mol. The largest absolute Gasteiger partial charge is 0.493 e. The standard InChI is InChI=1S/C21H21NO7/c1-24-17-6-13(7-18(25-2)20(17)26-3)22-14-8-16-15(28-10-29-16)5-11(14)4-12-9-27-21(23)19(12)22/h5-8,12,19H,4,9-10H2,1-3H3/t12-,19-/m0/s1. The highest BCUT2D eigenvalue weighted by Crippen LogP contribution is 2.50. The quantitative estimate of drug-likeness (QED) is 0.727. The molecule has 0 saturated carbocycles. The minimum Gasteiger partial charge on any atom is -0.493 e. The summed E-state index contributed by atoms with van der Waals surface area (Å²) in [6, 6.07) is 7.14. The van der Waals surface area contributed by atoms with Gasteiger partial charge in [-0.25, -0.2) is 4.79 Å². The number of carbonyl (C=O) groups excluding carboxylic acids is 1. The van der Waals surface area contributed by atoms with E-state index in [4.69, 9.17) is 28.4 Å². The maximum absolute atomic E-state index is 12.7. The topological polar surface area (TPSA) is 75.7 Å². The summed E-state index contributed by atoms with van der Waals surface area (Å²) in [5, 5.41) is 0. The molecule has 8 heteroatoms. The zero-order valence-corrected chi connectivity index (χ0v) is 16.4. The maximum atomic E-state index is 12.7. The second-order valence-corrected chi connectivity index (χ2v) is 7.13. The summed E-state index contributed by atoms with van der Waals surface area (Å²) in [6.07, 6.45) is 0.726. The van der Waals surface area contributed by atoms with Gasteiger partial charge in [0.05, 0.1) is 27.9 Å². The van der Waals surface area contributed by atoms with Gasteiger partial charge in [-0.1, -0.05) is 0 Å². The van der Waals surface area contributed by atoms with Gasteiger partial charge < -0.3 is 33.3 Å². The number of benzene rings is 2. The Morgan fingerprint density at radius 2 is 1.62 bits per heavy atom. The van der Waals surface area contributed by atoms with Gasteiger partial charge in [0, 0.05) is 35.5 Å². The molecule has 0 bridgehead atoms. The predicted octanol–water partition coefficient (Wildman–Crippen LogP) is 2.68. The van der Waals surface area contributed by atoms with Gasteiger partial charge in [0.1, 0.15) is 6.04 Å². The first-order valence-electron chi connectivity index (χ1n) is 9.33. The fraction of sp³-hybridized carbons (Fsp3) is 0.381. The third-order valence-electron chi connectivity index (χ3n) is 5.65. The van der Waals surface area contributed by atoms with Crippen LogP contribution < -0.4 is 28.6 Å². The monoisotopic (exact) mass is 399 g/mol. The van der Waals surface area contributed by atoms with Crippen LogP contribution in [0, 0.1) is 5.92 Å². The van der Waals surface area contributed by atoms with Gasteiger partial charge in [0.2, 0.25) is 12.5 Å². The first-order chi connectivity index (χ1) is 14.1. The number of hydrogen-bond acceptors (Lipinski definition) is 8. The van der Waals surface area contributed by atoms with Crippen molar-refractivity contribution >= 4 is 17.3 Å². The van der Waals surface area contributed by atoms with Gasteiger partial charge >= 0.3 is 5.97 Å². The molecule has 0 unspecified atom stereocenters. The van der Waals surface area contributed by atoms with E-state index in [1.807, 2.05) is 29.2 Å². The van der Waals surface area contributed by atoms with E-state index in [2.05, 4.69) is 0 Å². The van der Waals surface area contributed by atoms with E-state index in [0.717, 1.165) is 29.1 Å². The molecule has 0 amide bonds. The summed E-state index contributed by atoms with van der Waals surface area (Å²) in [6.45, 7) is 0.579. The second-order valence-electron chi connectivity index (χ2n) is 7.13. The Bertz CT molecular complexity index is 964. The summed E-state index contributed by atoms with van der Waals surface area (Å²) in [5.41, 5.74) is 2.69. The van der Waals surface area contributed by atoms with E-state index in [0.29, 0.717) is 29.6 Å². The van der Waals surface area contributed by atoms with Gasteiger partial charge in [0.25, 0.3) is 0 Å². The zero-order chi connectivity index (χ0) is 20.1. The molecule has 3 heterocycles. The minimum absolute atomic E-state index is 0.0365. The van der Waals surface area contributed by atoms with Crippen LogP contribution in [0.5, 0.6) is 28.7 Å². The Kier molecular flexibility index (Phi) is 4.08. The number of cyclic esters (lactones) is 1. The molecule has 1 fully saturated rings. The van der Waals surface area contributed by atoms with Crippen molar-refractivity contribution in [3.8, 4) is 28.7 Å². The highest BCUT2D eigenvalue weighted by atomic mass is 16.7. The summed E-state index contributed by atoms with van der Waals surface area (Å²) < 4.78 is 33.0. The van der Waals surface area contributed by atoms with Crippen molar-refractivity contribution in [2.75, 3.05) is 39.6 Å². The third-order valence-corrected chi connectivity index (χ3v) is 5.65. The number of methoxy groups -OCH3 is 3. The molecule has 0 N–H and O–H groups in total. The van der Waals surface area contributed by atoms with Gasteiger partial charge in [-0.15, -0.1) is 0 Å². The molecule has 1 saturated heterocycles. The molecule has 0 spiro atoms. The molecule has 3 aliphatic heterocycles. The predicted molar refractivity (Wildman–Crippen MR) is 103 cm³/mol. The normalized spacial score (nSPS) is 21.3. The Labute approximate surface area is 167 Å². The molecule has 0 aromatic heterocycles. The Hall–Kier alpha value is -3.29. The van der Waals surface area contributed by atoms with E-state index < -0.39 is 6.04 Å². The van der Waals surface area contributed by atoms with Gasteiger partial charge in [-0.3, -0.25) is 0 Å². The van der Waals surface area contributed by atoms with Crippen LogP contribution in [0.1, 0.15) is 5.56 Å². The smallest absolute Gasteiger partial charge is 0.329 e. The lowest BCUT2D eigenvalue weighted by atomic mass is 9.86. The van der Waals surface area contributed by atoms with Crippen molar-refractivity contribution in [2.24, 2.45) is 5.92 Å². The lowest BCUT2D eigenvalue weighted by Gasteiger charge is -2.38. The van der Waals surface area contributed by atoms with E-state index in [9.17, 15) is 4.79 Å². The lowest BCUT2D eigenvalue weighted by Crippen LogP contribution is -2.44. The first-order valence-corrected chi connectivity index (χ1v) is 9.33. The number of hydrogen-bond donors (Lipinski definition) is 0. The summed E-state index contributed by atoms with van der Waals surface area (Å²) in [4.78, 5) is 14.6. The van der Waals surface area contributed by atoms with Gasteiger partial charge in [0.15, 0.2) is 23.0 Å². The van der Waals surface area contributed by atoms with E-state index in [-0.39, 0.29) is 18.7 Å². The Balaban J connectivity index is 1.71. The van der Waals surface area contributed by atoms with E-state index in [1.165, 1.54) is 0 Å². The SMILES string of the molecule is COc1cc(N2c3cc4c(cc3C[C@H]3COC(=O)[C@H]32)OCO4)cc(OC)c1OC. The van der Waals surface area contributed by atoms with Crippen LogP contribution in [-0.2, 0) is 16.0 Å². The molecule has 3 aliphatic rings. The van der Waals surface area contributed by atoms with Crippen molar-refractivity contribution in [3.05, 3.63) is 29.8 Å². The molecule has 29 heavy (non-hydrogen) atoms. The first kappa shape index (κ1) is 17.8. The third kappa shape index (κ3) is 2.62. The fourth-order valence-electron chi connectivity index (χ4n) is 4.34. The van der Waals surface area contributed by atoms with Gasteiger partial charge in [-0.05, 0) is 18.1 Å². The van der Waals surface area contributed by atoms with Gasteiger partial charge in [-0.2, -0.15) is 0 Å². The van der Waals surface area contributed by atoms with E-state index >= 15 is 0 Å². The van der Waals surface area contributed by atoms with Crippen molar-refractivity contribution in [1.29, 1.82) is 0 Å². The molecule has 152 valence electrons. The number of nitrogens with zero attached hydrogens (tertiary/aromatic N) is 1. The highest BCUT2D eigenvalue weighted by molar-refractivity contribution is 5.89. The summed E-state index contributed by atoms with van der Waals surface area (Å²) in [5.74, 6) is 2.69. The van der Waals surface area contributed by atoms with Crippen LogP contribution >= 0.6 is 0 Å². The molecule has 2 aromatic carbocycles. The van der Waals surface area contributed by atoms with Crippen molar-refractivity contribution < 1.29 is 33.2 Å². The lowest BCUT2D eigenvalue weighted by molar-refractivity contribution is -0.138. The molecule has 5 rings (SSSR count). The van der Waals surface area contributed by atoms with Crippen LogP contribution in [0.15, 0.2) is 24.3 Å².